The monoisotopic (exact) mass is 463 g/mol. The van der Waals surface area contributed by atoms with E-state index in [1.165, 1.54) is 75.9 Å². The smallest absolute Gasteiger partial charge is 0.0387 e. The van der Waals surface area contributed by atoms with Gasteiger partial charge in [-0.05, 0) is 87.7 Å². The van der Waals surface area contributed by atoms with Crippen LogP contribution in [-0.4, -0.2) is 0 Å². The molecule has 36 heavy (non-hydrogen) atoms. The van der Waals surface area contributed by atoms with Gasteiger partial charge in [-0.25, -0.2) is 0 Å². The summed E-state index contributed by atoms with van der Waals surface area (Å²) in [6.07, 6.45) is 5.16. The Labute approximate surface area is 213 Å². The number of rotatable bonds is 4. The lowest BCUT2D eigenvalue weighted by atomic mass is 9.77. The third-order valence-corrected chi connectivity index (χ3v) is 8.20. The molecule has 1 N–H and O–H groups in total. The fraction of sp³-hybridized carbons (Fsp3) is 0.143. The second kappa shape index (κ2) is 8.53. The van der Waals surface area contributed by atoms with Crippen molar-refractivity contribution < 1.29 is 0 Å². The van der Waals surface area contributed by atoms with Gasteiger partial charge in [0.25, 0.3) is 0 Å². The topological polar surface area (TPSA) is 12.0 Å². The molecule has 1 saturated carbocycles. The third kappa shape index (κ3) is 3.46. The van der Waals surface area contributed by atoms with Gasteiger partial charge in [0, 0.05) is 16.8 Å². The predicted molar refractivity (Wildman–Crippen MR) is 152 cm³/mol. The summed E-state index contributed by atoms with van der Waals surface area (Å²) in [6.45, 7) is 0. The van der Waals surface area contributed by atoms with E-state index in [0.717, 1.165) is 5.69 Å². The Hall–Kier alpha value is -4.10. The van der Waals surface area contributed by atoms with Gasteiger partial charge in [0.15, 0.2) is 0 Å². The molecule has 1 nitrogen and oxygen atoms in total. The van der Waals surface area contributed by atoms with Gasteiger partial charge >= 0.3 is 0 Å². The van der Waals surface area contributed by atoms with Crippen LogP contribution in [0.4, 0.5) is 11.4 Å². The van der Waals surface area contributed by atoms with Crippen molar-refractivity contribution in [1.82, 2.24) is 0 Å². The number of hydrogen-bond acceptors (Lipinski definition) is 1. The van der Waals surface area contributed by atoms with Crippen molar-refractivity contribution in [3.63, 3.8) is 0 Å². The van der Waals surface area contributed by atoms with Gasteiger partial charge in [-0.2, -0.15) is 0 Å². The van der Waals surface area contributed by atoms with Gasteiger partial charge in [0.2, 0.25) is 0 Å². The number of nitrogens with one attached hydrogen (secondary N) is 1. The molecule has 5 aromatic rings. The third-order valence-electron chi connectivity index (χ3n) is 8.20. The number of anilines is 2. The van der Waals surface area contributed by atoms with Crippen molar-refractivity contribution in [2.24, 2.45) is 0 Å². The quantitative estimate of drug-likeness (QED) is 0.280. The first kappa shape index (κ1) is 21.2. The molecule has 0 heterocycles. The first-order valence-corrected chi connectivity index (χ1v) is 13.1. The Balaban J connectivity index is 1.16. The fourth-order valence-electron chi connectivity index (χ4n) is 6.47. The molecule has 1 spiro atoms. The second-order valence-corrected chi connectivity index (χ2v) is 10.2. The highest BCUT2D eigenvalue weighted by molar-refractivity contribution is 5.83. The first-order valence-electron chi connectivity index (χ1n) is 13.1. The van der Waals surface area contributed by atoms with E-state index < -0.39 is 0 Å². The van der Waals surface area contributed by atoms with E-state index in [2.05, 4.69) is 127 Å². The standard InChI is InChI=1S/C35H29N/c1-2-9-25(10-3-1)27-11-8-12-28(23-27)26-15-17-29(18-16-26)36-30-19-20-32-31-13-4-5-14-33(31)35(34(32)24-30)21-6-7-22-35/h1-5,8-20,23-24,36H,6-7,21-22H2. The van der Waals surface area contributed by atoms with E-state index in [9.17, 15) is 0 Å². The van der Waals surface area contributed by atoms with Gasteiger partial charge in [-0.3, -0.25) is 0 Å². The van der Waals surface area contributed by atoms with E-state index in [-0.39, 0.29) is 5.41 Å². The average molecular weight is 464 g/mol. The number of benzene rings is 5. The van der Waals surface area contributed by atoms with Crippen molar-refractivity contribution in [3.8, 4) is 33.4 Å². The fourth-order valence-corrected chi connectivity index (χ4v) is 6.47. The Morgan fingerprint density at radius 3 is 1.83 bits per heavy atom. The van der Waals surface area contributed by atoms with Crippen molar-refractivity contribution in [2.45, 2.75) is 31.1 Å². The van der Waals surface area contributed by atoms with Crippen molar-refractivity contribution in [2.75, 3.05) is 5.32 Å². The number of fused-ring (bicyclic) bond motifs is 5. The summed E-state index contributed by atoms with van der Waals surface area (Å²) in [5.74, 6) is 0. The van der Waals surface area contributed by atoms with Gasteiger partial charge in [-0.1, -0.05) is 104 Å². The highest BCUT2D eigenvalue weighted by atomic mass is 14.9. The summed E-state index contributed by atoms with van der Waals surface area (Å²) < 4.78 is 0. The zero-order valence-electron chi connectivity index (χ0n) is 20.4. The largest absolute Gasteiger partial charge is 0.356 e. The van der Waals surface area contributed by atoms with E-state index in [1.54, 1.807) is 0 Å². The highest BCUT2D eigenvalue weighted by Gasteiger charge is 2.44. The molecule has 0 bridgehead atoms. The van der Waals surface area contributed by atoms with Crippen molar-refractivity contribution in [1.29, 1.82) is 0 Å². The first-order chi connectivity index (χ1) is 17.8. The lowest BCUT2D eigenvalue weighted by molar-refractivity contribution is 0.550. The van der Waals surface area contributed by atoms with Crippen LogP contribution < -0.4 is 5.32 Å². The van der Waals surface area contributed by atoms with E-state index >= 15 is 0 Å². The summed E-state index contributed by atoms with van der Waals surface area (Å²) in [7, 11) is 0. The summed E-state index contributed by atoms with van der Waals surface area (Å²) in [5, 5.41) is 3.68. The van der Waals surface area contributed by atoms with Crippen LogP contribution >= 0.6 is 0 Å². The summed E-state index contributed by atoms with van der Waals surface area (Å²) in [5.41, 5.74) is 13.4. The molecule has 1 heteroatoms. The molecule has 0 unspecified atom stereocenters. The summed E-state index contributed by atoms with van der Waals surface area (Å²) in [4.78, 5) is 0. The lowest BCUT2D eigenvalue weighted by Crippen LogP contribution is -2.20. The molecular formula is C35H29N. The van der Waals surface area contributed by atoms with Crippen LogP contribution in [0.15, 0.2) is 121 Å². The molecule has 7 rings (SSSR count). The molecular weight excluding hydrogens is 434 g/mol. The van der Waals surface area contributed by atoms with Gasteiger partial charge in [0.1, 0.15) is 0 Å². The lowest BCUT2D eigenvalue weighted by Gasteiger charge is -2.27. The molecule has 5 aromatic carbocycles. The van der Waals surface area contributed by atoms with Crippen LogP contribution in [0.5, 0.6) is 0 Å². The average Bonchev–Trinajstić information content (AvgIpc) is 3.54. The maximum atomic E-state index is 3.68. The van der Waals surface area contributed by atoms with Gasteiger partial charge < -0.3 is 5.32 Å². The Bertz CT molecular complexity index is 1540. The van der Waals surface area contributed by atoms with Crippen LogP contribution in [-0.2, 0) is 5.41 Å². The Kier molecular flexibility index (Phi) is 5.03. The number of hydrogen-bond donors (Lipinski definition) is 1. The van der Waals surface area contributed by atoms with Gasteiger partial charge in [0.05, 0.1) is 0 Å². The minimum absolute atomic E-state index is 0.206. The zero-order chi connectivity index (χ0) is 24.0. The van der Waals surface area contributed by atoms with Crippen LogP contribution in [0.3, 0.4) is 0 Å². The summed E-state index contributed by atoms with van der Waals surface area (Å²) >= 11 is 0. The maximum absolute atomic E-state index is 3.68. The van der Waals surface area contributed by atoms with Crippen LogP contribution in [0, 0.1) is 0 Å². The summed E-state index contributed by atoms with van der Waals surface area (Å²) in [6, 6.07) is 44.2. The van der Waals surface area contributed by atoms with E-state index in [4.69, 9.17) is 0 Å². The maximum Gasteiger partial charge on any atom is 0.0387 e. The molecule has 0 amide bonds. The molecule has 174 valence electrons. The van der Waals surface area contributed by atoms with Crippen LogP contribution in [0.2, 0.25) is 0 Å². The van der Waals surface area contributed by atoms with E-state index in [1.807, 2.05) is 0 Å². The Morgan fingerprint density at radius 2 is 1.06 bits per heavy atom. The minimum atomic E-state index is 0.206. The van der Waals surface area contributed by atoms with Crippen molar-refractivity contribution in [3.05, 3.63) is 132 Å². The zero-order valence-corrected chi connectivity index (χ0v) is 20.4. The molecule has 2 aliphatic rings. The SMILES string of the molecule is c1ccc(-c2cccc(-c3ccc(Nc4ccc5c(c4)C4(CCCC4)c4ccccc4-5)cc3)c2)cc1. The second-order valence-electron chi connectivity index (χ2n) is 10.2. The molecule has 0 saturated heterocycles. The predicted octanol–water partition coefficient (Wildman–Crippen LogP) is 9.60. The normalized spacial score (nSPS) is 15.0. The highest BCUT2D eigenvalue weighted by Crippen LogP contribution is 2.57. The van der Waals surface area contributed by atoms with Crippen molar-refractivity contribution >= 4 is 11.4 Å². The van der Waals surface area contributed by atoms with E-state index in [0.29, 0.717) is 0 Å². The molecule has 0 radical (unpaired) electrons. The molecule has 0 atom stereocenters. The van der Waals surface area contributed by atoms with Gasteiger partial charge in [-0.15, -0.1) is 0 Å². The van der Waals surface area contributed by atoms with Crippen LogP contribution in [0.1, 0.15) is 36.8 Å². The minimum Gasteiger partial charge on any atom is -0.356 e. The Morgan fingerprint density at radius 1 is 0.444 bits per heavy atom. The molecule has 2 aliphatic carbocycles. The van der Waals surface area contributed by atoms with Crippen LogP contribution in [0.25, 0.3) is 33.4 Å². The molecule has 1 fully saturated rings. The molecule has 0 aliphatic heterocycles. The molecule has 0 aromatic heterocycles.